The van der Waals surface area contributed by atoms with E-state index in [2.05, 4.69) is 20.6 Å². The Labute approximate surface area is 276 Å². The lowest BCUT2D eigenvalue weighted by Gasteiger charge is -2.29. The van der Waals surface area contributed by atoms with Gasteiger partial charge in [-0.05, 0) is 74.9 Å². The van der Waals surface area contributed by atoms with Crippen molar-refractivity contribution in [2.75, 3.05) is 34.2 Å². The van der Waals surface area contributed by atoms with Crippen molar-refractivity contribution < 1.29 is 27.2 Å². The van der Waals surface area contributed by atoms with Crippen LogP contribution in [0.15, 0.2) is 65.6 Å². The first-order valence-electron chi connectivity index (χ1n) is 15.6. The molecule has 2 N–H and O–H groups in total. The number of quaternary nitrogens is 1. The van der Waals surface area contributed by atoms with E-state index in [9.17, 15) is 27.6 Å². The molecule has 1 fully saturated rings. The van der Waals surface area contributed by atoms with E-state index < -0.39 is 23.5 Å². The smallest absolute Gasteiger partial charge is 0.351 e. The van der Waals surface area contributed by atoms with Gasteiger partial charge in [-0.15, -0.1) is 0 Å². The quantitative estimate of drug-likeness (QED) is 0.197. The van der Waals surface area contributed by atoms with Crippen molar-refractivity contribution >= 4 is 17.6 Å². The Morgan fingerprint density at radius 1 is 1.02 bits per heavy atom. The van der Waals surface area contributed by atoms with Gasteiger partial charge in [-0.2, -0.15) is 18.3 Å². The van der Waals surface area contributed by atoms with Crippen LogP contribution < -0.4 is 16.3 Å². The van der Waals surface area contributed by atoms with Crippen molar-refractivity contribution in [1.29, 1.82) is 0 Å². The maximum Gasteiger partial charge on any atom is 0.416 e. The number of alkyl halides is 3. The van der Waals surface area contributed by atoms with Crippen LogP contribution in [-0.2, 0) is 11.0 Å². The number of nitrogens with one attached hydrogen (secondary N) is 2. The molecule has 2 heterocycles. The number of likely N-dealkylation sites (N-methyl/N-ethyl adjacent to an activating group) is 1. The van der Waals surface area contributed by atoms with Gasteiger partial charge in [0, 0.05) is 12.6 Å². The van der Waals surface area contributed by atoms with Crippen molar-refractivity contribution in [3.63, 3.8) is 0 Å². The first kappa shape index (κ1) is 34.2. The topological polar surface area (TPSA) is 107 Å². The van der Waals surface area contributed by atoms with Gasteiger partial charge in [0.2, 0.25) is 0 Å². The summed E-state index contributed by atoms with van der Waals surface area (Å²) in [7, 11) is 5.84. The summed E-state index contributed by atoms with van der Waals surface area (Å²) in [4.78, 5) is 43.7. The SMILES string of the molecule is [C-]#[N+]c1ccc(-n2nccc2-c2c(C)n(-c3cccc(C(F)(F)F)c3)c(=O)n2C(=O)NC2CCC(CNC(=O)C[N+](C)(C)C)CC2)cc1. The molecule has 0 atom stereocenters. The van der Waals surface area contributed by atoms with E-state index in [0.717, 1.165) is 34.1 Å². The molecule has 1 saturated carbocycles. The summed E-state index contributed by atoms with van der Waals surface area (Å²) >= 11 is 0. The number of imidazole rings is 1. The van der Waals surface area contributed by atoms with Crippen LogP contribution in [-0.4, -0.2) is 75.6 Å². The van der Waals surface area contributed by atoms with E-state index in [4.69, 9.17) is 6.57 Å². The van der Waals surface area contributed by atoms with Gasteiger partial charge >= 0.3 is 17.9 Å². The minimum atomic E-state index is -4.64. The first-order chi connectivity index (χ1) is 22.7. The number of carbonyl (C=O) groups is 2. The highest BCUT2D eigenvalue weighted by Crippen LogP contribution is 2.32. The maximum atomic E-state index is 14.1. The van der Waals surface area contributed by atoms with Crippen LogP contribution in [0.1, 0.15) is 36.9 Å². The number of hydrogen-bond donors (Lipinski definition) is 2. The number of hydrogen-bond acceptors (Lipinski definition) is 4. The van der Waals surface area contributed by atoms with Crippen molar-refractivity contribution in [3.05, 3.63) is 94.0 Å². The summed E-state index contributed by atoms with van der Waals surface area (Å²) in [5.41, 5.74) is -0.0753. The van der Waals surface area contributed by atoms with Gasteiger partial charge in [-0.1, -0.05) is 18.2 Å². The third-order valence-electron chi connectivity index (χ3n) is 8.41. The highest BCUT2D eigenvalue weighted by Gasteiger charge is 2.33. The number of amides is 2. The standard InChI is InChI=1S/C34H37F3N8O3/c1-22-31(29-17-18-40-44(29)27-15-13-25(38-2)14-16-27)43(33(48)42(22)28-8-6-7-24(19-28)34(35,36)37)32(47)41-26-11-9-23(10-12-26)20-39-30(46)21-45(3,4)5/h6-8,13-19,23,26H,9-12,20-21H2,1,3-5H3,(H-,39,41,46,47)/p+1. The molecule has 0 saturated heterocycles. The van der Waals surface area contributed by atoms with E-state index in [1.54, 1.807) is 37.3 Å². The molecule has 2 aromatic heterocycles. The largest absolute Gasteiger partial charge is 0.416 e. The fraction of sp³-hybridized carbons (Fsp3) is 0.382. The van der Waals surface area contributed by atoms with Crippen molar-refractivity contribution in [2.45, 2.75) is 44.8 Å². The molecule has 48 heavy (non-hydrogen) atoms. The van der Waals surface area contributed by atoms with Crippen molar-refractivity contribution in [1.82, 2.24) is 29.5 Å². The Hall–Kier alpha value is -5.16. The lowest BCUT2D eigenvalue weighted by atomic mass is 9.86. The minimum Gasteiger partial charge on any atom is -0.351 e. The molecular formula is C34H38F3N8O3+. The summed E-state index contributed by atoms with van der Waals surface area (Å²) in [5, 5.41) is 10.4. The van der Waals surface area contributed by atoms with Crippen LogP contribution >= 0.6 is 0 Å². The molecule has 14 heteroatoms. The monoisotopic (exact) mass is 663 g/mol. The zero-order chi connectivity index (χ0) is 34.8. The molecule has 0 spiro atoms. The number of aromatic nitrogens is 4. The molecule has 1 aliphatic rings. The number of rotatable bonds is 8. The molecule has 252 valence electrons. The van der Waals surface area contributed by atoms with Crippen molar-refractivity contribution in [3.8, 4) is 22.8 Å². The summed E-state index contributed by atoms with van der Waals surface area (Å²) in [6, 6.07) is 11.6. The van der Waals surface area contributed by atoms with Crippen LogP contribution in [0.25, 0.3) is 27.6 Å². The molecule has 1 aliphatic carbocycles. The summed E-state index contributed by atoms with van der Waals surface area (Å²) in [6.07, 6.45) is -0.370. The molecule has 11 nitrogen and oxygen atoms in total. The molecule has 5 rings (SSSR count). The van der Waals surface area contributed by atoms with Gasteiger partial charge in [-0.3, -0.25) is 9.36 Å². The number of benzene rings is 2. The fourth-order valence-corrected chi connectivity index (χ4v) is 6.07. The number of nitrogens with zero attached hydrogens (tertiary/aromatic N) is 6. The van der Waals surface area contributed by atoms with E-state index in [0.29, 0.717) is 47.5 Å². The van der Waals surface area contributed by atoms with Crippen LogP contribution in [0.2, 0.25) is 0 Å². The second kappa shape index (κ2) is 13.5. The predicted molar refractivity (Wildman–Crippen MR) is 174 cm³/mol. The lowest BCUT2D eigenvalue weighted by molar-refractivity contribution is -0.862. The summed E-state index contributed by atoms with van der Waals surface area (Å²) in [6.45, 7) is 9.72. The van der Waals surface area contributed by atoms with Gasteiger partial charge in [0.15, 0.2) is 12.2 Å². The Morgan fingerprint density at radius 2 is 1.71 bits per heavy atom. The normalized spacial score (nSPS) is 16.7. The van der Waals surface area contributed by atoms with E-state index in [1.807, 2.05) is 21.1 Å². The zero-order valence-corrected chi connectivity index (χ0v) is 27.2. The highest BCUT2D eigenvalue weighted by atomic mass is 19.4. The molecule has 2 aromatic carbocycles. The number of carbonyl (C=O) groups excluding carboxylic acids is 2. The second-order valence-electron chi connectivity index (χ2n) is 13.1. The van der Waals surface area contributed by atoms with Gasteiger partial charge < -0.3 is 15.1 Å². The van der Waals surface area contributed by atoms with Crippen LogP contribution in [0.4, 0.5) is 23.7 Å². The Morgan fingerprint density at radius 3 is 2.33 bits per heavy atom. The van der Waals surface area contributed by atoms with Crippen LogP contribution in [0.5, 0.6) is 0 Å². The molecular weight excluding hydrogens is 625 g/mol. The third-order valence-corrected chi connectivity index (χ3v) is 8.41. The second-order valence-corrected chi connectivity index (χ2v) is 13.1. The van der Waals surface area contributed by atoms with E-state index >= 15 is 0 Å². The van der Waals surface area contributed by atoms with E-state index in [1.165, 1.54) is 23.0 Å². The average molecular weight is 664 g/mol. The molecule has 0 unspecified atom stereocenters. The molecule has 0 aliphatic heterocycles. The highest BCUT2D eigenvalue weighted by molar-refractivity contribution is 5.83. The van der Waals surface area contributed by atoms with Gasteiger partial charge in [0.1, 0.15) is 5.69 Å². The van der Waals surface area contributed by atoms with Crippen LogP contribution in [0.3, 0.4) is 0 Å². The Kier molecular flexibility index (Phi) is 9.63. The fourth-order valence-electron chi connectivity index (χ4n) is 6.07. The van der Waals surface area contributed by atoms with Crippen LogP contribution in [0, 0.1) is 19.4 Å². The molecule has 2 amide bonds. The van der Waals surface area contributed by atoms with Crippen molar-refractivity contribution in [2.24, 2.45) is 5.92 Å². The van der Waals surface area contributed by atoms with E-state index in [-0.39, 0.29) is 34.9 Å². The molecule has 0 radical (unpaired) electrons. The van der Waals surface area contributed by atoms with Gasteiger partial charge in [0.05, 0.1) is 62.2 Å². The van der Waals surface area contributed by atoms with Gasteiger partial charge in [-0.25, -0.2) is 23.7 Å². The zero-order valence-electron chi connectivity index (χ0n) is 27.2. The third kappa shape index (κ3) is 7.52. The molecule has 4 aromatic rings. The molecule has 0 bridgehead atoms. The Balaban J connectivity index is 1.46. The average Bonchev–Trinajstić information content (AvgIpc) is 3.61. The van der Waals surface area contributed by atoms with Gasteiger partial charge in [0.25, 0.3) is 5.91 Å². The lowest BCUT2D eigenvalue weighted by Crippen LogP contribution is -2.46. The maximum absolute atomic E-state index is 14.1. The number of halogens is 3. The first-order valence-corrected chi connectivity index (χ1v) is 15.6. The summed E-state index contributed by atoms with van der Waals surface area (Å²) < 4.78 is 45.0. The predicted octanol–water partition coefficient (Wildman–Crippen LogP) is 5.31. The summed E-state index contributed by atoms with van der Waals surface area (Å²) in [5.74, 6) is 0.229. The Bertz CT molecular complexity index is 1900. The minimum absolute atomic E-state index is 0.0212.